The van der Waals surface area contributed by atoms with Crippen LogP contribution >= 0.6 is 34.2 Å². The molecule has 1 fully saturated rings. The number of anilines is 1. The van der Waals surface area contributed by atoms with Crippen LogP contribution < -0.4 is 5.32 Å². The maximum absolute atomic E-state index is 12.3. The molecule has 130 valence electrons. The van der Waals surface area contributed by atoms with Crippen molar-refractivity contribution in [1.29, 1.82) is 0 Å². The second-order valence-electron chi connectivity index (χ2n) is 5.34. The normalized spacial score (nSPS) is 15.0. The van der Waals surface area contributed by atoms with Crippen LogP contribution in [0.4, 0.5) is 5.69 Å². The highest BCUT2D eigenvalue weighted by Gasteiger charge is 2.22. The van der Waals surface area contributed by atoms with E-state index in [0.717, 1.165) is 3.57 Å². The summed E-state index contributed by atoms with van der Waals surface area (Å²) in [5, 5.41) is 13.3. The Balaban J connectivity index is 1.86. The smallest absolute Gasteiger partial charge is 0.246 e. The molecule has 0 aromatic heterocycles. The molecule has 2 rings (SSSR count). The van der Waals surface area contributed by atoms with Crippen molar-refractivity contribution in [3.05, 3.63) is 32.9 Å². The third-order valence-corrected chi connectivity index (χ3v) is 5.25. The number of rotatable bonds is 4. The number of piperazine rings is 1. The van der Waals surface area contributed by atoms with Crippen molar-refractivity contribution in [2.24, 2.45) is 0 Å². The van der Waals surface area contributed by atoms with Gasteiger partial charge in [-0.3, -0.25) is 9.59 Å². The lowest BCUT2D eigenvalue weighted by Gasteiger charge is -2.34. The molecule has 1 aromatic rings. The van der Waals surface area contributed by atoms with E-state index in [1.54, 1.807) is 28.9 Å². The minimum absolute atomic E-state index is 0.00925. The van der Waals surface area contributed by atoms with Gasteiger partial charge in [0.2, 0.25) is 11.8 Å². The summed E-state index contributed by atoms with van der Waals surface area (Å²) >= 11 is 7.99. The summed E-state index contributed by atoms with van der Waals surface area (Å²) in [6, 6.07) is 3.14. The topological polar surface area (TPSA) is 72.9 Å². The number of hydrogen-bond acceptors (Lipinski definition) is 4. The van der Waals surface area contributed by atoms with E-state index in [1.807, 2.05) is 0 Å². The molecular weight excluding hydrogens is 445 g/mol. The molecule has 1 aliphatic rings. The molecule has 1 heterocycles. The van der Waals surface area contributed by atoms with Gasteiger partial charge in [-0.2, -0.15) is 0 Å². The molecule has 0 saturated carbocycles. The first-order valence-electron chi connectivity index (χ1n) is 7.53. The quantitative estimate of drug-likeness (QED) is 0.408. The minimum atomic E-state index is -0.0718. The first-order valence-corrected chi connectivity index (χ1v) is 8.99. The summed E-state index contributed by atoms with van der Waals surface area (Å²) < 4.78 is 0.790. The molecule has 1 aromatic carbocycles. The SMILES string of the molecule is C/C=C/C(=O)N1CCN(C(=O)CNc2cc(I)c(Cl)cc2O)CC1. The third kappa shape index (κ3) is 4.76. The molecule has 2 N–H and O–H groups in total. The van der Waals surface area contributed by atoms with Gasteiger partial charge < -0.3 is 20.2 Å². The highest BCUT2D eigenvalue weighted by atomic mass is 127. The Bertz CT molecular complexity index is 658. The van der Waals surface area contributed by atoms with Crippen molar-refractivity contribution in [3.8, 4) is 5.75 Å². The van der Waals surface area contributed by atoms with Gasteiger partial charge in [-0.05, 0) is 41.7 Å². The molecule has 0 aliphatic carbocycles. The first-order chi connectivity index (χ1) is 11.4. The highest BCUT2D eigenvalue weighted by Crippen LogP contribution is 2.31. The number of carbonyl (C=O) groups is 2. The van der Waals surface area contributed by atoms with Crippen LogP contribution in [0.15, 0.2) is 24.3 Å². The van der Waals surface area contributed by atoms with E-state index in [2.05, 4.69) is 27.9 Å². The summed E-state index contributed by atoms with van der Waals surface area (Å²) in [5.74, 6) is -0.0872. The van der Waals surface area contributed by atoms with Gasteiger partial charge in [-0.15, -0.1) is 0 Å². The Labute approximate surface area is 159 Å². The van der Waals surface area contributed by atoms with Crippen molar-refractivity contribution >= 4 is 51.7 Å². The summed E-state index contributed by atoms with van der Waals surface area (Å²) in [6.07, 6.45) is 3.24. The Morgan fingerprint density at radius 3 is 2.54 bits per heavy atom. The van der Waals surface area contributed by atoms with E-state index in [-0.39, 0.29) is 24.1 Å². The zero-order chi connectivity index (χ0) is 17.7. The second-order valence-corrected chi connectivity index (χ2v) is 6.91. The number of amides is 2. The molecule has 0 bridgehead atoms. The lowest BCUT2D eigenvalue weighted by Crippen LogP contribution is -2.51. The van der Waals surface area contributed by atoms with Crippen LogP contribution in [0.2, 0.25) is 5.02 Å². The predicted molar refractivity (Wildman–Crippen MR) is 102 cm³/mol. The zero-order valence-electron chi connectivity index (χ0n) is 13.3. The van der Waals surface area contributed by atoms with E-state index in [9.17, 15) is 14.7 Å². The average molecular weight is 464 g/mol. The van der Waals surface area contributed by atoms with Gasteiger partial charge >= 0.3 is 0 Å². The fourth-order valence-electron chi connectivity index (χ4n) is 2.38. The molecule has 0 unspecified atom stereocenters. The van der Waals surface area contributed by atoms with Crippen LogP contribution in [0, 0.1) is 3.57 Å². The van der Waals surface area contributed by atoms with Crippen LogP contribution in [0.3, 0.4) is 0 Å². The number of benzene rings is 1. The number of phenolic OH excluding ortho intramolecular Hbond substituents is 1. The fourth-order valence-corrected chi connectivity index (χ4v) is 3.01. The average Bonchev–Trinajstić information content (AvgIpc) is 2.57. The van der Waals surface area contributed by atoms with Crippen LogP contribution in [-0.2, 0) is 9.59 Å². The molecule has 2 amide bonds. The van der Waals surface area contributed by atoms with Gasteiger partial charge in [0.25, 0.3) is 0 Å². The number of hydrogen-bond donors (Lipinski definition) is 2. The molecule has 0 spiro atoms. The third-order valence-electron chi connectivity index (χ3n) is 3.72. The number of allylic oxidation sites excluding steroid dienone is 1. The molecular formula is C16H19ClIN3O3. The molecule has 8 heteroatoms. The molecule has 0 radical (unpaired) electrons. The van der Waals surface area contributed by atoms with Crippen molar-refractivity contribution in [3.63, 3.8) is 0 Å². The monoisotopic (exact) mass is 463 g/mol. The summed E-state index contributed by atoms with van der Waals surface area (Å²) in [5.41, 5.74) is 0.471. The van der Waals surface area contributed by atoms with Gasteiger partial charge in [-0.25, -0.2) is 0 Å². The van der Waals surface area contributed by atoms with E-state index in [4.69, 9.17) is 11.6 Å². The predicted octanol–water partition coefficient (Wildman–Crippen LogP) is 2.31. The molecule has 0 atom stereocenters. The molecule has 1 saturated heterocycles. The Morgan fingerprint density at radius 2 is 1.92 bits per heavy atom. The van der Waals surface area contributed by atoms with Crippen molar-refractivity contribution < 1.29 is 14.7 Å². The van der Waals surface area contributed by atoms with Crippen LogP contribution in [0.25, 0.3) is 0 Å². The fraction of sp³-hybridized carbons (Fsp3) is 0.375. The minimum Gasteiger partial charge on any atom is -0.506 e. The van der Waals surface area contributed by atoms with E-state index >= 15 is 0 Å². The van der Waals surface area contributed by atoms with Gasteiger partial charge in [0.05, 0.1) is 17.3 Å². The summed E-state index contributed by atoms with van der Waals surface area (Å²) in [6.45, 7) is 3.95. The molecule has 24 heavy (non-hydrogen) atoms. The first kappa shape index (κ1) is 18.9. The van der Waals surface area contributed by atoms with E-state index in [1.165, 1.54) is 12.1 Å². The van der Waals surface area contributed by atoms with E-state index < -0.39 is 0 Å². The second kappa shape index (κ2) is 8.57. The number of aromatic hydroxyl groups is 1. The number of nitrogens with zero attached hydrogens (tertiary/aromatic N) is 2. The Morgan fingerprint density at radius 1 is 1.29 bits per heavy atom. The van der Waals surface area contributed by atoms with Gasteiger partial charge in [0, 0.05) is 35.8 Å². The van der Waals surface area contributed by atoms with Crippen LogP contribution in [0.5, 0.6) is 5.75 Å². The zero-order valence-corrected chi connectivity index (χ0v) is 16.2. The van der Waals surface area contributed by atoms with Crippen LogP contribution in [-0.4, -0.2) is 59.4 Å². The van der Waals surface area contributed by atoms with Crippen LogP contribution in [0.1, 0.15) is 6.92 Å². The highest BCUT2D eigenvalue weighted by molar-refractivity contribution is 14.1. The van der Waals surface area contributed by atoms with Crippen molar-refractivity contribution in [2.75, 3.05) is 38.0 Å². The lowest BCUT2D eigenvalue weighted by molar-refractivity contribution is -0.135. The van der Waals surface area contributed by atoms with Crippen molar-refractivity contribution in [2.45, 2.75) is 6.92 Å². The van der Waals surface area contributed by atoms with Crippen molar-refractivity contribution in [1.82, 2.24) is 9.80 Å². The maximum atomic E-state index is 12.3. The summed E-state index contributed by atoms with van der Waals surface area (Å²) in [7, 11) is 0. The van der Waals surface area contributed by atoms with Gasteiger partial charge in [0.15, 0.2) is 0 Å². The number of halogens is 2. The Hall–Kier alpha value is -1.48. The number of carbonyl (C=O) groups excluding carboxylic acids is 2. The summed E-state index contributed by atoms with van der Waals surface area (Å²) in [4.78, 5) is 27.5. The molecule has 1 aliphatic heterocycles. The number of phenols is 1. The van der Waals surface area contributed by atoms with Gasteiger partial charge in [-0.1, -0.05) is 17.7 Å². The van der Waals surface area contributed by atoms with E-state index in [0.29, 0.717) is 36.9 Å². The Kier molecular flexibility index (Phi) is 6.73. The maximum Gasteiger partial charge on any atom is 0.246 e. The standard InChI is InChI=1S/C16H19ClIN3O3/c1-2-3-15(23)20-4-6-21(7-5-20)16(24)10-19-13-9-12(18)11(17)8-14(13)22/h2-3,8-9,19,22H,4-7,10H2,1H3/b3-2+. The molecule has 6 nitrogen and oxygen atoms in total. The largest absolute Gasteiger partial charge is 0.506 e. The lowest BCUT2D eigenvalue weighted by atomic mass is 10.2. The number of nitrogens with one attached hydrogen (secondary N) is 1. The van der Waals surface area contributed by atoms with Gasteiger partial charge in [0.1, 0.15) is 5.75 Å².